The summed E-state index contributed by atoms with van der Waals surface area (Å²) < 4.78 is 10.5. The molecule has 2 aromatic rings. The molecule has 27 heavy (non-hydrogen) atoms. The first-order chi connectivity index (χ1) is 12.8. The number of rotatable bonds is 7. The monoisotopic (exact) mass is 370 g/mol. The molecule has 0 aliphatic rings. The van der Waals surface area contributed by atoms with Gasteiger partial charge in [0.05, 0.1) is 14.2 Å². The smallest absolute Gasteiger partial charge is 0.244 e. The van der Waals surface area contributed by atoms with E-state index in [2.05, 4.69) is 5.32 Å². The second-order valence-corrected chi connectivity index (χ2v) is 6.36. The third-order valence-electron chi connectivity index (χ3n) is 4.48. The molecule has 2 amide bonds. The van der Waals surface area contributed by atoms with E-state index in [4.69, 9.17) is 9.47 Å². The van der Waals surface area contributed by atoms with Gasteiger partial charge in [0.1, 0.15) is 6.54 Å². The van der Waals surface area contributed by atoms with Gasteiger partial charge in [-0.1, -0.05) is 18.2 Å². The number of benzene rings is 2. The van der Waals surface area contributed by atoms with Crippen molar-refractivity contribution in [2.75, 3.05) is 26.1 Å². The summed E-state index contributed by atoms with van der Waals surface area (Å²) in [5.41, 5.74) is 3.72. The molecule has 0 spiro atoms. The number of anilines is 1. The molecule has 0 aliphatic heterocycles. The van der Waals surface area contributed by atoms with Gasteiger partial charge < -0.3 is 19.7 Å². The number of amides is 2. The maximum atomic E-state index is 12.5. The zero-order valence-corrected chi connectivity index (χ0v) is 16.5. The van der Waals surface area contributed by atoms with Crippen LogP contribution in [0.1, 0.15) is 23.6 Å². The molecule has 144 valence electrons. The highest BCUT2D eigenvalue weighted by atomic mass is 16.5. The summed E-state index contributed by atoms with van der Waals surface area (Å²) in [5, 5.41) is 2.89. The Kier molecular flexibility index (Phi) is 6.82. The van der Waals surface area contributed by atoms with Crippen LogP contribution < -0.4 is 14.8 Å². The zero-order chi connectivity index (χ0) is 20.0. The normalized spacial score (nSPS) is 10.3. The molecule has 0 atom stereocenters. The van der Waals surface area contributed by atoms with Crippen LogP contribution in [-0.2, 0) is 16.1 Å². The number of aryl methyl sites for hydroxylation is 1. The highest BCUT2D eigenvalue weighted by molar-refractivity contribution is 5.95. The van der Waals surface area contributed by atoms with E-state index in [9.17, 15) is 9.59 Å². The van der Waals surface area contributed by atoms with Crippen molar-refractivity contribution in [2.24, 2.45) is 0 Å². The maximum Gasteiger partial charge on any atom is 0.244 e. The molecule has 2 aromatic carbocycles. The molecule has 0 unspecified atom stereocenters. The van der Waals surface area contributed by atoms with Crippen LogP contribution in [0.2, 0.25) is 0 Å². The van der Waals surface area contributed by atoms with E-state index in [0.29, 0.717) is 18.0 Å². The molecule has 6 heteroatoms. The molecule has 2 rings (SSSR count). The number of nitrogens with one attached hydrogen (secondary N) is 1. The molecule has 0 saturated heterocycles. The Balaban J connectivity index is 2.10. The van der Waals surface area contributed by atoms with Gasteiger partial charge in [-0.3, -0.25) is 9.59 Å². The highest BCUT2D eigenvalue weighted by Gasteiger charge is 2.16. The fourth-order valence-corrected chi connectivity index (χ4v) is 2.73. The van der Waals surface area contributed by atoms with E-state index in [-0.39, 0.29) is 18.4 Å². The Labute approximate surface area is 160 Å². The van der Waals surface area contributed by atoms with Crippen LogP contribution in [0.15, 0.2) is 36.4 Å². The van der Waals surface area contributed by atoms with Crippen molar-refractivity contribution < 1.29 is 19.1 Å². The number of methoxy groups -OCH3 is 2. The van der Waals surface area contributed by atoms with Crippen LogP contribution >= 0.6 is 0 Å². The van der Waals surface area contributed by atoms with Gasteiger partial charge in [0.15, 0.2) is 11.5 Å². The first kappa shape index (κ1) is 20.3. The fourth-order valence-electron chi connectivity index (χ4n) is 2.73. The Bertz CT molecular complexity index is 833. The van der Waals surface area contributed by atoms with Gasteiger partial charge in [0.2, 0.25) is 11.8 Å². The molecular weight excluding hydrogens is 344 g/mol. The summed E-state index contributed by atoms with van der Waals surface area (Å²) in [7, 11) is 3.12. The lowest BCUT2D eigenvalue weighted by Gasteiger charge is -2.21. The highest BCUT2D eigenvalue weighted by Crippen LogP contribution is 2.28. The van der Waals surface area contributed by atoms with Crippen LogP contribution in [0, 0.1) is 13.8 Å². The standard InChI is InChI=1S/C21H26N2O4/c1-14-7-6-8-18(15(14)2)22-21(25)13-23(16(3)24)12-17-9-10-19(26-4)20(11-17)27-5/h6-11H,12-13H2,1-5H3,(H,22,25). The summed E-state index contributed by atoms with van der Waals surface area (Å²) in [4.78, 5) is 26.0. The molecule has 0 bridgehead atoms. The van der Waals surface area contributed by atoms with E-state index in [1.54, 1.807) is 26.4 Å². The lowest BCUT2D eigenvalue weighted by molar-refractivity contribution is -0.133. The molecule has 0 aliphatic carbocycles. The first-order valence-electron chi connectivity index (χ1n) is 8.68. The average Bonchev–Trinajstić information content (AvgIpc) is 2.64. The average molecular weight is 370 g/mol. The number of carbonyl (C=O) groups is 2. The van der Waals surface area contributed by atoms with Crippen LogP contribution in [0.4, 0.5) is 5.69 Å². The Morgan fingerprint density at radius 3 is 2.37 bits per heavy atom. The summed E-state index contributed by atoms with van der Waals surface area (Å²) >= 11 is 0. The van der Waals surface area contributed by atoms with E-state index >= 15 is 0 Å². The van der Waals surface area contributed by atoms with Gasteiger partial charge in [-0.25, -0.2) is 0 Å². The van der Waals surface area contributed by atoms with Crippen LogP contribution in [0.5, 0.6) is 11.5 Å². The van der Waals surface area contributed by atoms with Gasteiger partial charge in [-0.05, 0) is 48.7 Å². The molecule has 0 heterocycles. The van der Waals surface area contributed by atoms with E-state index in [1.165, 1.54) is 11.8 Å². The summed E-state index contributed by atoms with van der Waals surface area (Å²) in [6, 6.07) is 11.2. The van der Waals surface area contributed by atoms with Gasteiger partial charge in [-0.15, -0.1) is 0 Å². The van der Waals surface area contributed by atoms with Gasteiger partial charge in [0, 0.05) is 19.2 Å². The minimum atomic E-state index is -0.237. The van der Waals surface area contributed by atoms with Crippen molar-refractivity contribution in [2.45, 2.75) is 27.3 Å². The minimum absolute atomic E-state index is 0.0307. The maximum absolute atomic E-state index is 12.5. The lowest BCUT2D eigenvalue weighted by Crippen LogP contribution is -2.36. The van der Waals surface area contributed by atoms with Crippen molar-refractivity contribution in [3.05, 3.63) is 53.1 Å². The van der Waals surface area contributed by atoms with Crippen molar-refractivity contribution in [3.63, 3.8) is 0 Å². The van der Waals surface area contributed by atoms with Crippen molar-refractivity contribution in [3.8, 4) is 11.5 Å². The Morgan fingerprint density at radius 1 is 1.04 bits per heavy atom. The number of ether oxygens (including phenoxy) is 2. The van der Waals surface area contributed by atoms with E-state index in [0.717, 1.165) is 22.4 Å². The number of hydrogen-bond donors (Lipinski definition) is 1. The summed E-state index contributed by atoms with van der Waals surface area (Å²) in [6.45, 7) is 5.67. The molecule has 0 radical (unpaired) electrons. The first-order valence-corrected chi connectivity index (χ1v) is 8.68. The third-order valence-corrected chi connectivity index (χ3v) is 4.48. The van der Waals surface area contributed by atoms with Crippen molar-refractivity contribution >= 4 is 17.5 Å². The van der Waals surface area contributed by atoms with Gasteiger partial charge in [-0.2, -0.15) is 0 Å². The number of nitrogens with zero attached hydrogens (tertiary/aromatic N) is 1. The number of carbonyl (C=O) groups excluding carboxylic acids is 2. The lowest BCUT2D eigenvalue weighted by atomic mass is 10.1. The topological polar surface area (TPSA) is 67.9 Å². The molecule has 0 fully saturated rings. The van der Waals surface area contributed by atoms with Crippen molar-refractivity contribution in [1.82, 2.24) is 4.90 Å². The van der Waals surface area contributed by atoms with Gasteiger partial charge >= 0.3 is 0 Å². The predicted octanol–water partition coefficient (Wildman–Crippen LogP) is 3.31. The van der Waals surface area contributed by atoms with Crippen LogP contribution in [-0.4, -0.2) is 37.5 Å². The largest absolute Gasteiger partial charge is 0.493 e. The van der Waals surface area contributed by atoms with E-state index < -0.39 is 0 Å². The fraction of sp³-hybridized carbons (Fsp3) is 0.333. The number of hydrogen-bond acceptors (Lipinski definition) is 4. The Hall–Kier alpha value is -3.02. The predicted molar refractivity (Wildman–Crippen MR) is 105 cm³/mol. The summed E-state index contributed by atoms with van der Waals surface area (Å²) in [5.74, 6) is 0.780. The summed E-state index contributed by atoms with van der Waals surface area (Å²) in [6.07, 6.45) is 0. The SMILES string of the molecule is COc1ccc(CN(CC(=O)Nc2cccc(C)c2C)C(C)=O)cc1OC. The third kappa shape index (κ3) is 5.23. The van der Waals surface area contributed by atoms with Crippen LogP contribution in [0.25, 0.3) is 0 Å². The quantitative estimate of drug-likeness (QED) is 0.812. The van der Waals surface area contributed by atoms with Crippen molar-refractivity contribution in [1.29, 1.82) is 0 Å². The second kappa shape index (κ2) is 9.07. The molecule has 6 nitrogen and oxygen atoms in total. The molecule has 0 saturated carbocycles. The zero-order valence-electron chi connectivity index (χ0n) is 16.5. The molecular formula is C21H26N2O4. The van der Waals surface area contributed by atoms with Gasteiger partial charge in [0.25, 0.3) is 0 Å². The minimum Gasteiger partial charge on any atom is -0.493 e. The van der Waals surface area contributed by atoms with E-state index in [1.807, 2.05) is 38.1 Å². The molecule has 0 aromatic heterocycles. The molecule has 1 N–H and O–H groups in total. The van der Waals surface area contributed by atoms with Crippen LogP contribution in [0.3, 0.4) is 0 Å². The Morgan fingerprint density at radius 2 is 1.74 bits per heavy atom. The second-order valence-electron chi connectivity index (χ2n) is 6.36.